The van der Waals surface area contributed by atoms with Gasteiger partial charge in [0.2, 0.25) is 12.7 Å². The number of nitrogens with one attached hydrogen (secondary N) is 1. The van der Waals surface area contributed by atoms with Crippen molar-refractivity contribution >= 4 is 40.6 Å². The summed E-state index contributed by atoms with van der Waals surface area (Å²) in [5.74, 6) is 0.185. The van der Waals surface area contributed by atoms with Crippen LogP contribution in [0.1, 0.15) is 11.1 Å². The molecule has 0 aromatic heterocycles. The van der Waals surface area contributed by atoms with Crippen LogP contribution in [0.25, 0.3) is 6.08 Å². The van der Waals surface area contributed by atoms with Gasteiger partial charge in [-0.25, -0.2) is 0 Å². The molecule has 0 spiro atoms. The van der Waals surface area contributed by atoms with Crippen LogP contribution in [0.2, 0.25) is 0 Å². The smallest absolute Gasteiger partial charge is 0.294 e. The molecule has 0 aliphatic carbocycles. The van der Waals surface area contributed by atoms with Crippen LogP contribution in [0, 0.1) is 6.92 Å². The predicted molar refractivity (Wildman–Crippen MR) is 105 cm³/mol. The SMILES string of the molecule is Cc1ccc(/C=C2/SC(=O)N(CC(=O)Nc3ccc4c(c3)OCO4)C2=O)cc1. The average molecular weight is 396 g/mol. The lowest BCUT2D eigenvalue weighted by atomic mass is 10.1. The molecule has 142 valence electrons. The molecule has 2 aliphatic rings. The number of hydrogen-bond donors (Lipinski definition) is 1. The number of aryl methyl sites for hydroxylation is 1. The maximum atomic E-state index is 12.5. The second-order valence-corrected chi connectivity index (χ2v) is 7.29. The highest BCUT2D eigenvalue weighted by Crippen LogP contribution is 2.35. The second-order valence-electron chi connectivity index (χ2n) is 6.29. The normalized spacial score (nSPS) is 16.8. The van der Waals surface area contributed by atoms with Crippen molar-refractivity contribution in [1.82, 2.24) is 4.90 Å². The van der Waals surface area contributed by atoms with Crippen molar-refractivity contribution in [2.75, 3.05) is 18.7 Å². The van der Waals surface area contributed by atoms with E-state index >= 15 is 0 Å². The Balaban J connectivity index is 1.42. The number of hydrogen-bond acceptors (Lipinski definition) is 6. The van der Waals surface area contributed by atoms with Crippen molar-refractivity contribution in [2.24, 2.45) is 0 Å². The molecule has 0 saturated carbocycles. The minimum absolute atomic E-state index is 0.136. The number of rotatable bonds is 4. The average Bonchev–Trinajstić information content (AvgIpc) is 3.23. The molecule has 1 saturated heterocycles. The van der Waals surface area contributed by atoms with Gasteiger partial charge in [0.15, 0.2) is 11.5 Å². The summed E-state index contributed by atoms with van der Waals surface area (Å²) in [4.78, 5) is 38.3. The van der Waals surface area contributed by atoms with E-state index in [0.29, 0.717) is 22.1 Å². The predicted octanol–water partition coefficient (Wildman–Crippen LogP) is 3.40. The van der Waals surface area contributed by atoms with Crippen LogP contribution in [-0.2, 0) is 9.59 Å². The van der Waals surface area contributed by atoms with Crippen molar-refractivity contribution in [3.05, 3.63) is 58.5 Å². The molecular weight excluding hydrogens is 380 g/mol. The number of carbonyl (C=O) groups excluding carboxylic acids is 3. The molecule has 1 fully saturated rings. The van der Waals surface area contributed by atoms with E-state index in [4.69, 9.17) is 9.47 Å². The Morgan fingerprint density at radius 3 is 2.68 bits per heavy atom. The molecule has 28 heavy (non-hydrogen) atoms. The molecule has 0 atom stereocenters. The summed E-state index contributed by atoms with van der Waals surface area (Å²) >= 11 is 0.827. The largest absolute Gasteiger partial charge is 0.454 e. The Kier molecular flexibility index (Phi) is 4.79. The quantitative estimate of drug-likeness (QED) is 0.798. The molecule has 2 heterocycles. The van der Waals surface area contributed by atoms with Crippen LogP contribution < -0.4 is 14.8 Å². The fourth-order valence-corrected chi connectivity index (χ4v) is 3.61. The number of thioether (sulfide) groups is 1. The van der Waals surface area contributed by atoms with E-state index in [1.54, 1.807) is 24.3 Å². The topological polar surface area (TPSA) is 84.9 Å². The molecule has 8 heteroatoms. The third-order valence-corrected chi connectivity index (χ3v) is 5.11. The Hall–Kier alpha value is -3.26. The summed E-state index contributed by atoms with van der Waals surface area (Å²) in [6, 6.07) is 12.6. The number of ether oxygens (including phenoxy) is 2. The van der Waals surface area contributed by atoms with E-state index in [-0.39, 0.29) is 13.3 Å². The van der Waals surface area contributed by atoms with E-state index in [1.807, 2.05) is 31.2 Å². The lowest BCUT2D eigenvalue weighted by molar-refractivity contribution is -0.127. The zero-order chi connectivity index (χ0) is 19.7. The maximum Gasteiger partial charge on any atom is 0.294 e. The summed E-state index contributed by atoms with van der Waals surface area (Å²) in [6.45, 7) is 1.75. The van der Waals surface area contributed by atoms with Gasteiger partial charge in [-0.2, -0.15) is 0 Å². The molecule has 2 aromatic rings. The van der Waals surface area contributed by atoms with E-state index in [1.165, 1.54) is 0 Å². The van der Waals surface area contributed by atoms with E-state index in [2.05, 4.69) is 5.32 Å². The Bertz CT molecular complexity index is 1000. The first-order valence-electron chi connectivity index (χ1n) is 8.51. The van der Waals surface area contributed by atoms with Crippen molar-refractivity contribution in [3.8, 4) is 11.5 Å². The zero-order valence-corrected chi connectivity index (χ0v) is 15.7. The Morgan fingerprint density at radius 2 is 1.89 bits per heavy atom. The van der Waals surface area contributed by atoms with Gasteiger partial charge in [-0.05, 0) is 42.5 Å². The van der Waals surface area contributed by atoms with Crippen molar-refractivity contribution in [2.45, 2.75) is 6.92 Å². The Labute approximate surface area is 165 Å². The van der Waals surface area contributed by atoms with Crippen LogP contribution in [0.5, 0.6) is 11.5 Å². The summed E-state index contributed by atoms with van der Waals surface area (Å²) < 4.78 is 10.5. The van der Waals surface area contributed by atoms with Crippen molar-refractivity contribution in [1.29, 1.82) is 0 Å². The number of anilines is 1. The van der Waals surface area contributed by atoms with Gasteiger partial charge in [-0.15, -0.1) is 0 Å². The highest BCUT2D eigenvalue weighted by Gasteiger charge is 2.36. The van der Waals surface area contributed by atoms with Crippen LogP contribution in [-0.4, -0.2) is 35.3 Å². The molecule has 2 aliphatic heterocycles. The monoisotopic (exact) mass is 396 g/mol. The van der Waals surface area contributed by atoms with E-state index < -0.39 is 17.1 Å². The molecule has 3 amide bonds. The van der Waals surface area contributed by atoms with E-state index in [9.17, 15) is 14.4 Å². The first kappa shape index (κ1) is 18.1. The molecule has 0 radical (unpaired) electrons. The summed E-state index contributed by atoms with van der Waals surface area (Å²) in [5, 5.41) is 2.19. The number of nitrogens with zero attached hydrogens (tertiary/aromatic N) is 1. The highest BCUT2D eigenvalue weighted by atomic mass is 32.2. The van der Waals surface area contributed by atoms with Crippen molar-refractivity contribution in [3.63, 3.8) is 0 Å². The molecule has 2 aromatic carbocycles. The van der Waals surface area contributed by atoms with Gasteiger partial charge in [-0.3, -0.25) is 19.3 Å². The van der Waals surface area contributed by atoms with Gasteiger partial charge in [0.05, 0.1) is 4.91 Å². The molecule has 0 bridgehead atoms. The third kappa shape index (κ3) is 3.72. The lowest BCUT2D eigenvalue weighted by Gasteiger charge is -2.12. The molecule has 1 N–H and O–H groups in total. The van der Waals surface area contributed by atoms with Gasteiger partial charge >= 0.3 is 0 Å². The van der Waals surface area contributed by atoms with E-state index in [0.717, 1.165) is 27.8 Å². The lowest BCUT2D eigenvalue weighted by Crippen LogP contribution is -2.36. The number of carbonyl (C=O) groups is 3. The number of imide groups is 1. The first-order chi connectivity index (χ1) is 13.5. The van der Waals surface area contributed by atoms with Crippen LogP contribution in [0.3, 0.4) is 0 Å². The number of amides is 3. The minimum atomic E-state index is -0.476. The van der Waals surface area contributed by atoms with Gasteiger partial charge in [0.25, 0.3) is 11.1 Å². The zero-order valence-electron chi connectivity index (χ0n) is 14.9. The van der Waals surface area contributed by atoms with Gasteiger partial charge in [-0.1, -0.05) is 29.8 Å². The van der Waals surface area contributed by atoms with Crippen molar-refractivity contribution < 1.29 is 23.9 Å². The molecule has 7 nitrogen and oxygen atoms in total. The first-order valence-corrected chi connectivity index (χ1v) is 9.33. The summed E-state index contributed by atoms with van der Waals surface area (Å²) in [7, 11) is 0. The number of fused-ring (bicyclic) bond motifs is 1. The van der Waals surface area contributed by atoms with Gasteiger partial charge in [0, 0.05) is 11.8 Å². The standard InChI is InChI=1S/C20H16N2O5S/c1-12-2-4-13(5-3-12)8-17-19(24)22(20(25)28-17)10-18(23)21-14-6-7-15-16(9-14)27-11-26-15/h2-9H,10-11H2,1H3,(H,21,23)/b17-8+. The second kappa shape index (κ2) is 7.40. The third-order valence-electron chi connectivity index (χ3n) is 4.21. The molecule has 0 unspecified atom stereocenters. The fourth-order valence-electron chi connectivity index (χ4n) is 2.77. The number of benzene rings is 2. The summed E-state index contributed by atoms with van der Waals surface area (Å²) in [5.41, 5.74) is 2.42. The van der Waals surface area contributed by atoms with Gasteiger partial charge < -0.3 is 14.8 Å². The molecule has 4 rings (SSSR count). The molecular formula is C20H16N2O5S. The fraction of sp³-hybridized carbons (Fsp3) is 0.150. The highest BCUT2D eigenvalue weighted by molar-refractivity contribution is 8.18. The van der Waals surface area contributed by atoms with Gasteiger partial charge in [0.1, 0.15) is 6.54 Å². The maximum absolute atomic E-state index is 12.5. The van der Waals surface area contributed by atoms with Crippen LogP contribution in [0.15, 0.2) is 47.4 Å². The summed E-state index contributed by atoms with van der Waals surface area (Å²) in [6.07, 6.45) is 1.65. The Morgan fingerprint density at radius 1 is 1.14 bits per heavy atom. The van der Waals surface area contributed by atoms with Crippen LogP contribution >= 0.6 is 11.8 Å². The van der Waals surface area contributed by atoms with Crippen LogP contribution in [0.4, 0.5) is 10.5 Å². The minimum Gasteiger partial charge on any atom is -0.454 e.